The van der Waals surface area contributed by atoms with E-state index in [1.807, 2.05) is 68.3 Å². The lowest BCUT2D eigenvalue weighted by atomic mass is 9.92. The number of anilines is 1. The molecule has 0 unspecified atom stereocenters. The van der Waals surface area contributed by atoms with E-state index in [0.29, 0.717) is 23.4 Å². The summed E-state index contributed by atoms with van der Waals surface area (Å²) in [6.45, 7) is 5.09. The van der Waals surface area contributed by atoms with Crippen molar-refractivity contribution in [2.45, 2.75) is 19.4 Å². The maximum Gasteiger partial charge on any atom is 0.327 e. The Morgan fingerprint density at radius 1 is 0.960 bits per heavy atom. The first-order valence-electron chi connectivity index (χ1n) is 8.08. The fourth-order valence-electron chi connectivity index (χ4n) is 3.07. The van der Waals surface area contributed by atoms with Crippen molar-refractivity contribution in [3.05, 3.63) is 64.1 Å². The highest BCUT2D eigenvalue weighted by Gasteiger charge is 2.39. The Morgan fingerprint density at radius 3 is 2.16 bits per heavy atom. The molecule has 0 aliphatic carbocycles. The van der Waals surface area contributed by atoms with Gasteiger partial charge in [0, 0.05) is 15.7 Å². The normalized spacial score (nSPS) is 16.4. The second-order valence-corrected chi connectivity index (χ2v) is 7.70. The van der Waals surface area contributed by atoms with Gasteiger partial charge in [-0.15, -0.1) is 0 Å². The summed E-state index contributed by atoms with van der Waals surface area (Å²) in [5.41, 5.74) is 1.22. The van der Waals surface area contributed by atoms with E-state index in [2.05, 4.69) is 4.90 Å². The molecule has 132 valence electrons. The smallest absolute Gasteiger partial charge is 0.302 e. The van der Waals surface area contributed by atoms with Crippen molar-refractivity contribution in [1.29, 1.82) is 0 Å². The zero-order chi connectivity index (χ0) is 18.2. The van der Waals surface area contributed by atoms with Gasteiger partial charge in [-0.1, -0.05) is 41.4 Å². The topological polar surface area (TPSA) is 26.8 Å². The van der Waals surface area contributed by atoms with Crippen molar-refractivity contribution in [2.75, 3.05) is 25.3 Å². The molecule has 1 heterocycles. The molecule has 0 aromatic heterocycles. The Balaban J connectivity index is 1.98. The number of benzene rings is 2. The zero-order valence-electron chi connectivity index (χ0n) is 14.5. The van der Waals surface area contributed by atoms with Crippen molar-refractivity contribution in [1.82, 2.24) is 9.80 Å². The van der Waals surface area contributed by atoms with E-state index in [9.17, 15) is 4.79 Å². The largest absolute Gasteiger partial charge is 0.327 e. The summed E-state index contributed by atoms with van der Waals surface area (Å²) in [6, 6.07) is 15.1. The fourth-order valence-corrected chi connectivity index (χ4v) is 3.60. The van der Waals surface area contributed by atoms with E-state index >= 15 is 0 Å². The summed E-state index contributed by atoms with van der Waals surface area (Å²) in [5, 5.41) is 1.13. The quantitative estimate of drug-likeness (QED) is 0.750. The molecule has 25 heavy (non-hydrogen) atoms. The number of urea groups is 1. The lowest BCUT2D eigenvalue weighted by molar-refractivity contribution is 0.0668. The molecular weight excluding hydrogens is 357 g/mol. The van der Waals surface area contributed by atoms with Gasteiger partial charge in [-0.05, 0) is 56.8 Å². The summed E-state index contributed by atoms with van der Waals surface area (Å²) in [6.07, 6.45) is 0. The molecular formula is C19H21Cl2N3O. The van der Waals surface area contributed by atoms with Crippen molar-refractivity contribution in [2.24, 2.45) is 0 Å². The first-order valence-corrected chi connectivity index (χ1v) is 8.84. The molecule has 3 rings (SSSR count). The van der Waals surface area contributed by atoms with E-state index in [1.165, 1.54) is 0 Å². The molecule has 4 nitrogen and oxygen atoms in total. The highest BCUT2D eigenvalue weighted by Crippen LogP contribution is 2.35. The average molecular weight is 378 g/mol. The molecule has 1 saturated heterocycles. The monoisotopic (exact) mass is 377 g/mol. The first-order chi connectivity index (χ1) is 11.8. The molecule has 0 spiro atoms. The summed E-state index contributed by atoms with van der Waals surface area (Å²) in [4.78, 5) is 18.9. The second kappa shape index (κ2) is 6.87. The Bertz CT molecular complexity index is 759. The van der Waals surface area contributed by atoms with Crippen LogP contribution in [0.15, 0.2) is 48.5 Å². The lowest BCUT2D eigenvalue weighted by Gasteiger charge is -2.48. The van der Waals surface area contributed by atoms with Gasteiger partial charge in [-0.3, -0.25) is 9.80 Å². The number of hydrogen-bond donors (Lipinski definition) is 0. The molecule has 2 aromatic rings. The molecule has 2 amide bonds. The van der Waals surface area contributed by atoms with E-state index in [1.54, 1.807) is 11.0 Å². The maximum atomic E-state index is 13.2. The Hall–Kier alpha value is -1.75. The van der Waals surface area contributed by atoms with Crippen LogP contribution >= 0.6 is 23.2 Å². The Labute approximate surface area is 158 Å². The minimum absolute atomic E-state index is 0.0367. The number of nitrogens with zero attached hydrogens (tertiary/aromatic N) is 3. The standard InChI is InChI=1S/C19H21Cl2N3O/c1-19(2,14-9-15(20)11-16(21)10-14)24-13-22(3)12-23(18(24)25)17-7-5-4-6-8-17/h4-11H,12-13H2,1-3H3. The van der Waals surface area contributed by atoms with Gasteiger partial charge in [-0.2, -0.15) is 0 Å². The van der Waals surface area contributed by atoms with Crippen LogP contribution in [0.5, 0.6) is 0 Å². The van der Waals surface area contributed by atoms with Gasteiger partial charge >= 0.3 is 6.03 Å². The molecule has 0 saturated carbocycles. The van der Waals surface area contributed by atoms with Crippen molar-refractivity contribution in [3.63, 3.8) is 0 Å². The van der Waals surface area contributed by atoms with Gasteiger partial charge in [-0.25, -0.2) is 4.79 Å². The van der Waals surface area contributed by atoms with Gasteiger partial charge in [0.1, 0.15) is 0 Å². The Morgan fingerprint density at radius 2 is 1.56 bits per heavy atom. The van der Waals surface area contributed by atoms with Crippen LogP contribution in [-0.4, -0.2) is 36.2 Å². The molecule has 1 aliphatic heterocycles. The number of halogens is 2. The SMILES string of the molecule is CN1CN(c2ccccc2)C(=O)N(C(C)(C)c2cc(Cl)cc(Cl)c2)C1. The van der Waals surface area contributed by atoms with Crippen LogP contribution in [0.2, 0.25) is 10.0 Å². The van der Waals surface area contributed by atoms with Crippen LogP contribution in [0.1, 0.15) is 19.4 Å². The van der Waals surface area contributed by atoms with E-state index in [-0.39, 0.29) is 6.03 Å². The third kappa shape index (κ3) is 3.61. The van der Waals surface area contributed by atoms with Crippen molar-refractivity contribution >= 4 is 34.9 Å². The number of amides is 2. The first kappa shape index (κ1) is 18.1. The number of hydrogen-bond acceptors (Lipinski definition) is 2. The highest BCUT2D eigenvalue weighted by atomic mass is 35.5. The molecule has 6 heteroatoms. The summed E-state index contributed by atoms with van der Waals surface area (Å²) >= 11 is 12.4. The minimum Gasteiger partial charge on any atom is -0.302 e. The van der Waals surface area contributed by atoms with Crippen molar-refractivity contribution in [3.8, 4) is 0 Å². The molecule has 1 aliphatic rings. The summed E-state index contributed by atoms with van der Waals surface area (Å²) in [5.74, 6) is 0. The lowest BCUT2D eigenvalue weighted by Crippen LogP contribution is -2.62. The zero-order valence-corrected chi connectivity index (χ0v) is 16.1. The van der Waals surface area contributed by atoms with Gasteiger partial charge in [0.15, 0.2) is 0 Å². The van der Waals surface area contributed by atoms with Crippen LogP contribution in [0.3, 0.4) is 0 Å². The fraction of sp³-hybridized carbons (Fsp3) is 0.316. The average Bonchev–Trinajstić information content (AvgIpc) is 2.56. The maximum absolute atomic E-state index is 13.2. The van der Waals surface area contributed by atoms with E-state index in [0.717, 1.165) is 11.3 Å². The predicted octanol–water partition coefficient (Wildman–Crippen LogP) is 5.02. The molecule has 0 atom stereocenters. The van der Waals surface area contributed by atoms with Crippen LogP contribution in [0, 0.1) is 0 Å². The minimum atomic E-state index is -0.562. The van der Waals surface area contributed by atoms with E-state index in [4.69, 9.17) is 23.2 Å². The number of carbonyl (C=O) groups is 1. The van der Waals surface area contributed by atoms with Crippen LogP contribution in [0.4, 0.5) is 10.5 Å². The number of para-hydroxylation sites is 1. The molecule has 1 fully saturated rings. The van der Waals surface area contributed by atoms with E-state index < -0.39 is 5.54 Å². The van der Waals surface area contributed by atoms with Crippen LogP contribution in [0.25, 0.3) is 0 Å². The number of rotatable bonds is 3. The van der Waals surface area contributed by atoms with Gasteiger partial charge in [0.2, 0.25) is 0 Å². The summed E-state index contributed by atoms with van der Waals surface area (Å²) in [7, 11) is 2.00. The third-order valence-corrected chi connectivity index (χ3v) is 4.98. The third-order valence-electron chi connectivity index (χ3n) is 4.54. The highest BCUT2D eigenvalue weighted by molar-refractivity contribution is 6.34. The Kier molecular flexibility index (Phi) is 4.96. The number of carbonyl (C=O) groups excluding carboxylic acids is 1. The predicted molar refractivity (Wildman–Crippen MR) is 103 cm³/mol. The molecule has 2 aromatic carbocycles. The second-order valence-electron chi connectivity index (χ2n) is 6.83. The van der Waals surface area contributed by atoms with Crippen molar-refractivity contribution < 1.29 is 4.79 Å². The molecule has 0 N–H and O–H groups in total. The molecule has 0 radical (unpaired) electrons. The summed E-state index contributed by atoms with van der Waals surface area (Å²) < 4.78 is 0. The van der Waals surface area contributed by atoms with Gasteiger partial charge in [0.25, 0.3) is 0 Å². The molecule has 0 bridgehead atoms. The van der Waals surface area contributed by atoms with Gasteiger partial charge < -0.3 is 4.90 Å². The van der Waals surface area contributed by atoms with Crippen LogP contribution < -0.4 is 4.90 Å². The van der Waals surface area contributed by atoms with Crippen LogP contribution in [-0.2, 0) is 5.54 Å². The van der Waals surface area contributed by atoms with Gasteiger partial charge in [0.05, 0.1) is 18.9 Å².